The van der Waals surface area contributed by atoms with Crippen LogP contribution in [0.1, 0.15) is 0 Å². The molecule has 0 aliphatic heterocycles. The van der Waals surface area contributed by atoms with Crippen LogP contribution in [0.2, 0.25) is 0 Å². The zero-order valence-corrected chi connectivity index (χ0v) is 20.4. The Balaban J connectivity index is 1.29. The van der Waals surface area contributed by atoms with Gasteiger partial charge in [-0.25, -0.2) is 9.78 Å². The number of nitrogens with two attached hydrogens (primary N) is 2. The van der Waals surface area contributed by atoms with E-state index >= 15 is 0 Å². The Labute approximate surface area is 216 Å². The van der Waals surface area contributed by atoms with Crippen LogP contribution in [0, 0.1) is 0 Å². The van der Waals surface area contributed by atoms with E-state index in [4.69, 9.17) is 25.6 Å². The minimum absolute atomic E-state index is 0.0390. The molecule has 5 N–H and O–H groups in total. The van der Waals surface area contributed by atoms with Gasteiger partial charge in [0.15, 0.2) is 0 Å². The van der Waals surface area contributed by atoms with Crippen LogP contribution < -0.4 is 21.8 Å². The first-order chi connectivity index (χ1) is 17.9. The summed E-state index contributed by atoms with van der Waals surface area (Å²) in [4.78, 5) is 16.2. The van der Waals surface area contributed by atoms with Gasteiger partial charge in [-0.3, -0.25) is 0 Å². The van der Waals surface area contributed by atoms with Crippen molar-refractivity contribution in [2.24, 2.45) is 0 Å². The van der Waals surface area contributed by atoms with Crippen molar-refractivity contribution < 1.29 is 14.3 Å². The average Bonchev–Trinajstić information content (AvgIpc) is 2.91. The van der Waals surface area contributed by atoms with Gasteiger partial charge in [0.2, 0.25) is 5.16 Å². The second-order valence-corrected chi connectivity index (χ2v) is 9.25. The molecule has 2 aromatic heterocycles. The van der Waals surface area contributed by atoms with Gasteiger partial charge < -0.3 is 25.7 Å². The normalized spacial score (nSPS) is 11.9. The van der Waals surface area contributed by atoms with Crippen molar-refractivity contribution in [1.29, 1.82) is 0 Å². The molecule has 0 radical (unpaired) electrons. The van der Waals surface area contributed by atoms with Gasteiger partial charge in [-0.05, 0) is 42.5 Å². The lowest BCUT2D eigenvalue weighted by Crippen LogP contribution is -2.20. The molecule has 0 spiro atoms. The number of aromatic nitrogens is 3. The van der Waals surface area contributed by atoms with E-state index < -0.39 is 11.7 Å². The van der Waals surface area contributed by atoms with Gasteiger partial charge in [-0.1, -0.05) is 36.0 Å². The van der Waals surface area contributed by atoms with Gasteiger partial charge in [0.05, 0.1) is 6.10 Å². The van der Waals surface area contributed by atoms with Crippen molar-refractivity contribution in [3.05, 3.63) is 89.3 Å². The summed E-state index contributed by atoms with van der Waals surface area (Å²) < 4.78 is 10.9. The van der Waals surface area contributed by atoms with Crippen molar-refractivity contribution >= 4 is 34.1 Å². The number of nitrogen functional groups attached to an aromatic ring is 2. The summed E-state index contributed by atoms with van der Waals surface area (Å²) >= 11 is 1.27. The minimum Gasteiger partial charge on any atom is -0.491 e. The molecule has 5 aromatic rings. The van der Waals surface area contributed by atoms with E-state index in [0.29, 0.717) is 39.3 Å². The second kappa shape index (κ2) is 10.7. The quantitative estimate of drug-likeness (QED) is 0.158. The Morgan fingerprint density at radius 1 is 0.865 bits per heavy atom. The standard InChI is InChI=1S/C27H23N5O4S/c28-19-7-1-17(2-8-19)25-26(18-3-9-20(29)10-4-18)31-32-27(30-25)37-15-21(33)14-35-22-11-5-16-6-12-24(34)36-23(16)13-22/h1-13,21,33H,14-15,28-29H2. The first-order valence-electron chi connectivity index (χ1n) is 11.4. The monoisotopic (exact) mass is 513 g/mol. The van der Waals surface area contributed by atoms with Crippen molar-refractivity contribution in [3.8, 4) is 28.3 Å². The molecule has 9 nitrogen and oxygen atoms in total. The van der Waals surface area contributed by atoms with E-state index in [9.17, 15) is 9.90 Å². The third-order valence-corrected chi connectivity index (χ3v) is 6.46. The molecule has 5 rings (SSSR count). The van der Waals surface area contributed by atoms with E-state index in [-0.39, 0.29) is 12.4 Å². The van der Waals surface area contributed by atoms with Crippen LogP contribution in [0.25, 0.3) is 33.5 Å². The third kappa shape index (κ3) is 5.88. The molecule has 0 saturated carbocycles. The van der Waals surface area contributed by atoms with Crippen molar-refractivity contribution in [3.63, 3.8) is 0 Å². The molecule has 1 unspecified atom stereocenters. The highest BCUT2D eigenvalue weighted by molar-refractivity contribution is 7.99. The van der Waals surface area contributed by atoms with Crippen molar-refractivity contribution in [2.45, 2.75) is 11.3 Å². The van der Waals surface area contributed by atoms with E-state index in [1.165, 1.54) is 17.8 Å². The number of nitrogens with zero attached hydrogens (tertiary/aromatic N) is 3. The van der Waals surface area contributed by atoms with Gasteiger partial charge in [0.25, 0.3) is 0 Å². The Kier molecular flexibility index (Phi) is 7.02. The number of ether oxygens (including phenoxy) is 1. The molecule has 0 fully saturated rings. The topological polar surface area (TPSA) is 150 Å². The molecule has 2 heterocycles. The van der Waals surface area contributed by atoms with Crippen molar-refractivity contribution in [2.75, 3.05) is 23.8 Å². The van der Waals surface area contributed by atoms with Gasteiger partial charge in [-0.2, -0.15) is 0 Å². The lowest BCUT2D eigenvalue weighted by atomic mass is 10.0. The summed E-state index contributed by atoms with van der Waals surface area (Å²) in [5.41, 5.74) is 15.9. The molecule has 0 aliphatic carbocycles. The fourth-order valence-corrected chi connectivity index (χ4v) is 4.28. The Morgan fingerprint density at radius 2 is 1.51 bits per heavy atom. The first kappa shape index (κ1) is 24.3. The third-order valence-electron chi connectivity index (χ3n) is 5.48. The second-order valence-electron chi connectivity index (χ2n) is 8.27. The molecule has 10 heteroatoms. The number of benzene rings is 3. The predicted molar refractivity (Wildman–Crippen MR) is 144 cm³/mol. The average molecular weight is 514 g/mol. The summed E-state index contributed by atoms with van der Waals surface area (Å²) in [5.74, 6) is 0.773. The Morgan fingerprint density at radius 3 is 2.22 bits per heavy atom. The number of hydrogen-bond acceptors (Lipinski definition) is 10. The maximum atomic E-state index is 11.4. The number of aliphatic hydroxyl groups excluding tert-OH is 1. The molecule has 0 saturated heterocycles. The zero-order valence-electron chi connectivity index (χ0n) is 19.6. The highest BCUT2D eigenvalue weighted by Gasteiger charge is 2.16. The van der Waals surface area contributed by atoms with Crippen LogP contribution in [0.15, 0.2) is 93.2 Å². The van der Waals surface area contributed by atoms with Crippen LogP contribution in [0.4, 0.5) is 11.4 Å². The van der Waals surface area contributed by atoms with Gasteiger partial charge in [0.1, 0.15) is 29.3 Å². The van der Waals surface area contributed by atoms with Crippen molar-refractivity contribution in [1.82, 2.24) is 15.2 Å². The Bertz CT molecular complexity index is 1590. The summed E-state index contributed by atoms with van der Waals surface area (Å²) in [7, 11) is 0. The number of anilines is 2. The highest BCUT2D eigenvalue weighted by Crippen LogP contribution is 2.31. The number of rotatable bonds is 8. The fourth-order valence-electron chi connectivity index (χ4n) is 3.59. The van der Waals surface area contributed by atoms with Crippen LogP contribution in [-0.2, 0) is 0 Å². The lowest BCUT2D eigenvalue weighted by Gasteiger charge is -2.13. The molecule has 0 bridgehead atoms. The van der Waals surface area contributed by atoms with E-state index in [1.807, 2.05) is 24.3 Å². The fraction of sp³-hybridized carbons (Fsp3) is 0.111. The maximum absolute atomic E-state index is 11.4. The molecule has 0 aliphatic rings. The number of fused-ring (bicyclic) bond motifs is 1. The molecule has 0 amide bonds. The van der Waals surface area contributed by atoms with E-state index in [1.54, 1.807) is 48.5 Å². The van der Waals surface area contributed by atoms with Crippen LogP contribution in [0.3, 0.4) is 0 Å². The SMILES string of the molecule is Nc1ccc(-c2nnc(SCC(O)COc3ccc4ccc(=O)oc4c3)nc2-c2ccc(N)cc2)cc1. The molecule has 37 heavy (non-hydrogen) atoms. The number of hydrogen-bond donors (Lipinski definition) is 3. The smallest absolute Gasteiger partial charge is 0.336 e. The molecule has 1 atom stereocenters. The summed E-state index contributed by atoms with van der Waals surface area (Å²) in [6.07, 6.45) is -0.802. The lowest BCUT2D eigenvalue weighted by molar-refractivity contribution is 0.126. The molecule has 186 valence electrons. The van der Waals surface area contributed by atoms with Gasteiger partial charge in [0, 0.05) is 45.8 Å². The predicted octanol–water partition coefficient (Wildman–Crippen LogP) is 4.01. The largest absolute Gasteiger partial charge is 0.491 e. The first-order valence-corrected chi connectivity index (χ1v) is 12.4. The summed E-state index contributed by atoms with van der Waals surface area (Å²) in [5, 5.41) is 20.4. The van der Waals surface area contributed by atoms with Crippen LogP contribution in [-0.4, -0.2) is 38.8 Å². The maximum Gasteiger partial charge on any atom is 0.336 e. The van der Waals surface area contributed by atoms with Crippen LogP contribution in [0.5, 0.6) is 5.75 Å². The number of aliphatic hydroxyl groups is 1. The summed E-state index contributed by atoms with van der Waals surface area (Å²) in [6, 6.07) is 22.9. The molecular formula is C27H23N5O4S. The molecule has 3 aromatic carbocycles. The van der Waals surface area contributed by atoms with E-state index in [0.717, 1.165) is 16.5 Å². The highest BCUT2D eigenvalue weighted by atomic mass is 32.2. The van der Waals surface area contributed by atoms with Gasteiger partial charge in [-0.15, -0.1) is 10.2 Å². The Hall–Kier alpha value is -4.41. The molecular weight excluding hydrogens is 490 g/mol. The minimum atomic E-state index is -0.802. The van der Waals surface area contributed by atoms with Crippen LogP contribution >= 0.6 is 11.8 Å². The van der Waals surface area contributed by atoms with E-state index in [2.05, 4.69) is 10.2 Å². The zero-order chi connectivity index (χ0) is 25.8. The van der Waals surface area contributed by atoms with Gasteiger partial charge >= 0.3 is 5.63 Å². The summed E-state index contributed by atoms with van der Waals surface area (Å²) in [6.45, 7) is 0.0390. The number of thioether (sulfide) groups is 1.